The lowest BCUT2D eigenvalue weighted by Gasteiger charge is -2.56. The monoisotopic (exact) mass is 1090 g/mol. The predicted octanol–water partition coefficient (Wildman–Crippen LogP) is 16.1. The number of nitrogens with zero attached hydrogens (tertiary/aromatic N) is 5. The second kappa shape index (κ2) is 19.2. The highest BCUT2D eigenvalue weighted by Gasteiger charge is 2.54. The van der Waals surface area contributed by atoms with Crippen LogP contribution in [0.5, 0.6) is 0 Å². The molecule has 83 heavy (non-hydrogen) atoms. The number of rotatable bonds is 11. The van der Waals surface area contributed by atoms with Crippen LogP contribution in [-0.4, -0.2) is 32.2 Å². The standard InChI is InChI=1S/C77H69N5Si/c1-2-76(46-51-33-34-52(39-51)47-76)74-78-73(79-75(80-74)77-48-53-40-54(49-77)42-55(41-53)50-77)67-44-57(56-19-18-26-62(43-56)83(59-20-6-3-7-21-59,60-22-8-4-9-23-60)61-24-10-5-11-25-61)35-37-72(67)82-70-32-17-14-29-65(70)66-45-58(36-38-71(66)82)81-68-30-15-12-27-63(68)64-28-13-16-31-69(64)81/h3-32,35-38,43-45,51-55H,2,33-34,39-42,46-50H2,1H3. The van der Waals surface area contributed by atoms with E-state index in [4.69, 9.17) is 15.0 Å². The van der Waals surface area contributed by atoms with Crippen LogP contribution in [0.15, 0.2) is 224 Å². The number of benzene rings is 9. The summed E-state index contributed by atoms with van der Waals surface area (Å²) in [5, 5.41) is 10.4. The zero-order valence-electron chi connectivity index (χ0n) is 47.5. The Bertz CT molecular complexity index is 4260. The van der Waals surface area contributed by atoms with Crippen LogP contribution in [0.1, 0.15) is 95.6 Å². The molecule has 0 spiro atoms. The molecule has 12 aromatic rings. The average molecular weight is 1090 g/mol. The van der Waals surface area contributed by atoms with Gasteiger partial charge in [-0.15, -0.1) is 0 Å². The van der Waals surface area contributed by atoms with E-state index in [1.54, 1.807) is 0 Å². The molecule has 6 fully saturated rings. The molecule has 6 bridgehead atoms. The van der Waals surface area contributed by atoms with E-state index in [2.05, 4.69) is 241 Å². The molecule has 18 rings (SSSR count). The fourth-order valence-corrected chi connectivity index (χ4v) is 23.2. The Balaban J connectivity index is 0.919. The molecule has 0 saturated heterocycles. The Kier molecular flexibility index (Phi) is 11.4. The number of para-hydroxylation sites is 3. The van der Waals surface area contributed by atoms with E-state index in [-0.39, 0.29) is 10.8 Å². The zero-order chi connectivity index (χ0) is 54.9. The van der Waals surface area contributed by atoms with E-state index >= 15 is 0 Å². The summed E-state index contributed by atoms with van der Waals surface area (Å²) in [6.45, 7) is 2.44. The summed E-state index contributed by atoms with van der Waals surface area (Å²) in [7, 11) is -2.84. The van der Waals surface area contributed by atoms with E-state index in [0.717, 1.165) is 76.0 Å². The molecule has 9 aromatic carbocycles. The molecule has 0 aliphatic heterocycles. The van der Waals surface area contributed by atoms with Gasteiger partial charge in [0.15, 0.2) is 13.9 Å². The zero-order valence-corrected chi connectivity index (χ0v) is 48.5. The van der Waals surface area contributed by atoms with Gasteiger partial charge in [-0.3, -0.25) is 0 Å². The van der Waals surface area contributed by atoms with E-state index in [9.17, 15) is 0 Å². The first-order chi connectivity index (χ1) is 40.9. The third-order valence-corrected chi connectivity index (χ3v) is 26.3. The van der Waals surface area contributed by atoms with E-state index < -0.39 is 8.07 Å². The van der Waals surface area contributed by atoms with Gasteiger partial charge in [-0.1, -0.05) is 196 Å². The molecule has 6 aliphatic rings. The molecule has 6 saturated carbocycles. The van der Waals surface area contributed by atoms with Gasteiger partial charge in [-0.25, -0.2) is 15.0 Å². The van der Waals surface area contributed by atoms with Crippen LogP contribution in [-0.2, 0) is 10.8 Å². The minimum absolute atomic E-state index is 0.00774. The largest absolute Gasteiger partial charge is 0.309 e. The van der Waals surface area contributed by atoms with Crippen LogP contribution in [0.4, 0.5) is 0 Å². The SMILES string of the molecule is CCC1(c2nc(-c3cc(-c4cccc([Si](c5ccccc5)(c5ccccc5)c5ccccc5)c4)ccc3-n3c4ccccc4c4cc(-n5c6ccccc6c6ccccc65)ccc43)nc(C34CC5CC(CC(C5)C3)C4)n2)CC2CCC(C2)C1. The van der Waals surface area contributed by atoms with Gasteiger partial charge in [0.25, 0.3) is 0 Å². The van der Waals surface area contributed by atoms with Crippen molar-refractivity contribution in [2.75, 3.05) is 0 Å². The van der Waals surface area contributed by atoms with Crippen LogP contribution < -0.4 is 20.7 Å². The van der Waals surface area contributed by atoms with Crippen LogP contribution in [0.2, 0.25) is 0 Å². The molecule has 5 nitrogen and oxygen atoms in total. The van der Waals surface area contributed by atoms with Crippen molar-refractivity contribution >= 4 is 72.4 Å². The van der Waals surface area contributed by atoms with Crippen molar-refractivity contribution in [1.82, 2.24) is 24.1 Å². The highest BCUT2D eigenvalue weighted by Crippen LogP contribution is 2.61. The third kappa shape index (κ3) is 7.74. The Morgan fingerprint density at radius 2 is 0.880 bits per heavy atom. The number of hydrogen-bond donors (Lipinski definition) is 0. The summed E-state index contributed by atoms with van der Waals surface area (Å²) < 4.78 is 4.99. The fourth-order valence-electron chi connectivity index (χ4n) is 18.4. The van der Waals surface area contributed by atoms with Crippen molar-refractivity contribution in [2.24, 2.45) is 29.6 Å². The van der Waals surface area contributed by atoms with Gasteiger partial charge in [0.2, 0.25) is 0 Å². The molecule has 2 unspecified atom stereocenters. The molecule has 6 heteroatoms. The quantitative estimate of drug-likeness (QED) is 0.0958. The molecule has 0 radical (unpaired) electrons. The molecule has 406 valence electrons. The Morgan fingerprint density at radius 3 is 1.46 bits per heavy atom. The molecule has 0 N–H and O–H groups in total. The second-order valence-electron chi connectivity index (χ2n) is 26.2. The first-order valence-electron chi connectivity index (χ1n) is 31.1. The highest BCUT2D eigenvalue weighted by molar-refractivity contribution is 7.19. The van der Waals surface area contributed by atoms with E-state index in [0.29, 0.717) is 0 Å². The minimum Gasteiger partial charge on any atom is -0.309 e. The normalized spacial score (nSPS) is 23.7. The van der Waals surface area contributed by atoms with E-state index in [1.807, 2.05) is 0 Å². The fraction of sp³-hybridized carbons (Fsp3) is 0.260. The van der Waals surface area contributed by atoms with Crippen molar-refractivity contribution in [3.05, 3.63) is 236 Å². The van der Waals surface area contributed by atoms with Gasteiger partial charge in [0, 0.05) is 43.6 Å². The van der Waals surface area contributed by atoms with Crippen LogP contribution in [0, 0.1) is 29.6 Å². The summed E-state index contributed by atoms with van der Waals surface area (Å²) >= 11 is 0. The van der Waals surface area contributed by atoms with Crippen molar-refractivity contribution in [3.8, 4) is 33.9 Å². The van der Waals surface area contributed by atoms with Gasteiger partial charge >= 0.3 is 0 Å². The average Bonchev–Trinajstić information content (AvgIpc) is 3.17. The lowest BCUT2D eigenvalue weighted by atomic mass is 9.49. The van der Waals surface area contributed by atoms with E-state index in [1.165, 1.54) is 141 Å². The summed E-state index contributed by atoms with van der Waals surface area (Å²) in [4.78, 5) is 18.0. The topological polar surface area (TPSA) is 48.5 Å². The Labute approximate surface area is 488 Å². The molecule has 2 atom stereocenters. The number of aromatic nitrogens is 5. The van der Waals surface area contributed by atoms with Crippen molar-refractivity contribution in [3.63, 3.8) is 0 Å². The summed E-state index contributed by atoms with van der Waals surface area (Å²) in [6.07, 6.45) is 15.2. The lowest BCUT2D eigenvalue weighted by Crippen LogP contribution is -2.74. The smallest absolute Gasteiger partial charge is 0.179 e. The Morgan fingerprint density at radius 1 is 0.398 bits per heavy atom. The maximum Gasteiger partial charge on any atom is 0.179 e. The molecule has 0 amide bonds. The summed E-state index contributed by atoms with van der Waals surface area (Å²) in [6, 6.07) is 84.7. The van der Waals surface area contributed by atoms with Gasteiger partial charge in [0.05, 0.1) is 27.8 Å². The molecule has 3 aromatic heterocycles. The lowest BCUT2D eigenvalue weighted by molar-refractivity contribution is -0.00978. The van der Waals surface area contributed by atoms with Crippen LogP contribution in [0.3, 0.4) is 0 Å². The first-order valence-corrected chi connectivity index (χ1v) is 33.1. The summed E-state index contributed by atoms with van der Waals surface area (Å²) in [5.41, 5.74) is 10.4. The predicted molar refractivity (Wildman–Crippen MR) is 345 cm³/mol. The Hall–Kier alpha value is -8.19. The van der Waals surface area contributed by atoms with Gasteiger partial charge in [0.1, 0.15) is 11.6 Å². The molecule has 3 heterocycles. The van der Waals surface area contributed by atoms with Gasteiger partial charge in [-0.05, 0) is 174 Å². The maximum absolute atomic E-state index is 6.02. The first kappa shape index (κ1) is 49.4. The van der Waals surface area contributed by atoms with Gasteiger partial charge < -0.3 is 9.13 Å². The van der Waals surface area contributed by atoms with Crippen LogP contribution >= 0.6 is 0 Å². The molecular weight excluding hydrogens is 1020 g/mol. The second-order valence-corrected chi connectivity index (χ2v) is 30.0. The highest BCUT2D eigenvalue weighted by atomic mass is 28.3. The van der Waals surface area contributed by atoms with Gasteiger partial charge in [-0.2, -0.15) is 0 Å². The molecular formula is C77H69N5Si. The molecule has 6 aliphatic carbocycles. The van der Waals surface area contributed by atoms with Crippen molar-refractivity contribution in [2.45, 2.75) is 94.8 Å². The van der Waals surface area contributed by atoms with Crippen molar-refractivity contribution in [1.29, 1.82) is 0 Å². The van der Waals surface area contributed by atoms with Crippen molar-refractivity contribution < 1.29 is 0 Å². The minimum atomic E-state index is -2.84. The third-order valence-electron chi connectivity index (χ3n) is 21.5. The maximum atomic E-state index is 6.02. The summed E-state index contributed by atoms with van der Waals surface area (Å²) in [5.74, 6) is 6.81. The number of hydrogen-bond acceptors (Lipinski definition) is 3. The number of fused-ring (bicyclic) bond motifs is 8. The van der Waals surface area contributed by atoms with Crippen LogP contribution in [0.25, 0.3) is 77.5 Å².